The Morgan fingerprint density at radius 1 is 0.354 bits per heavy atom. The van der Waals surface area contributed by atoms with Crippen LogP contribution in [0, 0.1) is 0 Å². The lowest BCUT2D eigenvalue weighted by molar-refractivity contribution is 1.18. The highest BCUT2D eigenvalue weighted by molar-refractivity contribution is 6.17. The molecule has 3 nitrogen and oxygen atoms in total. The SMILES string of the molecule is c1ccc(-n2c3ccccc3c3ccc(-c4ccc5c(c4)c4ccccc4n5-c4cc5c6c(cncc6c4)-c4ccccc4-5)cc32)cc1. The van der Waals surface area contributed by atoms with Gasteiger partial charge in [0.15, 0.2) is 0 Å². The maximum absolute atomic E-state index is 4.66. The third-order valence-corrected chi connectivity index (χ3v) is 10.3. The number of aromatic nitrogens is 3. The van der Waals surface area contributed by atoms with Gasteiger partial charge in [-0.2, -0.15) is 0 Å². The molecular formula is C45H27N3. The summed E-state index contributed by atoms with van der Waals surface area (Å²) in [6.07, 6.45) is 4.02. The zero-order chi connectivity index (χ0) is 31.3. The molecule has 1 aliphatic carbocycles. The number of hydrogen-bond donors (Lipinski definition) is 0. The number of rotatable bonds is 3. The smallest absolute Gasteiger partial charge is 0.0547 e. The summed E-state index contributed by atoms with van der Waals surface area (Å²) in [6.45, 7) is 0. The first-order valence-electron chi connectivity index (χ1n) is 16.5. The Hall–Kier alpha value is -6.45. The Balaban J connectivity index is 1.14. The molecule has 222 valence electrons. The summed E-state index contributed by atoms with van der Waals surface area (Å²) >= 11 is 0. The Labute approximate surface area is 276 Å². The minimum absolute atomic E-state index is 1.15. The van der Waals surface area contributed by atoms with E-state index in [0.29, 0.717) is 0 Å². The molecule has 0 aliphatic heterocycles. The van der Waals surface area contributed by atoms with Crippen LogP contribution in [-0.4, -0.2) is 14.1 Å². The van der Waals surface area contributed by atoms with Crippen molar-refractivity contribution in [2.75, 3.05) is 0 Å². The van der Waals surface area contributed by atoms with Gasteiger partial charge in [0.2, 0.25) is 0 Å². The summed E-state index contributed by atoms with van der Waals surface area (Å²) in [4.78, 5) is 4.66. The Morgan fingerprint density at radius 2 is 0.958 bits per heavy atom. The van der Waals surface area contributed by atoms with Gasteiger partial charge in [-0.1, -0.05) is 97.1 Å². The Bertz CT molecular complexity index is 2940. The first-order chi connectivity index (χ1) is 23.8. The predicted molar refractivity (Wildman–Crippen MR) is 200 cm³/mol. The minimum Gasteiger partial charge on any atom is -0.309 e. The van der Waals surface area contributed by atoms with Gasteiger partial charge in [-0.15, -0.1) is 0 Å². The van der Waals surface area contributed by atoms with Crippen molar-refractivity contribution in [3.05, 3.63) is 164 Å². The van der Waals surface area contributed by atoms with Crippen LogP contribution in [0.1, 0.15) is 0 Å². The molecule has 3 heteroatoms. The fourth-order valence-electron chi connectivity index (χ4n) is 8.24. The highest BCUT2D eigenvalue weighted by atomic mass is 15.0. The molecule has 7 aromatic carbocycles. The number of hydrogen-bond acceptors (Lipinski definition) is 1. The third kappa shape index (κ3) is 3.45. The van der Waals surface area contributed by atoms with Crippen LogP contribution in [0.2, 0.25) is 0 Å². The van der Waals surface area contributed by atoms with Gasteiger partial charge in [0.1, 0.15) is 0 Å². The van der Waals surface area contributed by atoms with Crippen molar-refractivity contribution >= 4 is 54.4 Å². The van der Waals surface area contributed by atoms with Crippen LogP contribution in [-0.2, 0) is 0 Å². The van der Waals surface area contributed by atoms with E-state index in [4.69, 9.17) is 0 Å². The quantitative estimate of drug-likeness (QED) is 0.195. The molecule has 11 rings (SSSR count). The normalized spacial score (nSPS) is 12.2. The fourth-order valence-corrected chi connectivity index (χ4v) is 8.24. The molecule has 0 fully saturated rings. The zero-order valence-electron chi connectivity index (χ0n) is 25.9. The van der Waals surface area contributed by atoms with E-state index in [1.807, 2.05) is 12.4 Å². The average molecular weight is 610 g/mol. The van der Waals surface area contributed by atoms with E-state index >= 15 is 0 Å². The van der Waals surface area contributed by atoms with Gasteiger partial charge in [-0.05, 0) is 82.4 Å². The molecule has 0 spiro atoms. The summed E-state index contributed by atoms with van der Waals surface area (Å²) in [5.41, 5.74) is 14.6. The summed E-state index contributed by atoms with van der Waals surface area (Å²) in [5.74, 6) is 0. The molecule has 0 N–H and O–H groups in total. The number of fused-ring (bicyclic) bond motifs is 9. The molecule has 3 aromatic heterocycles. The molecule has 0 unspecified atom stereocenters. The number of benzene rings is 7. The fraction of sp³-hybridized carbons (Fsp3) is 0. The molecular weight excluding hydrogens is 583 g/mol. The molecule has 3 heterocycles. The van der Waals surface area contributed by atoms with Crippen molar-refractivity contribution in [2.24, 2.45) is 0 Å². The topological polar surface area (TPSA) is 22.8 Å². The second-order valence-electron chi connectivity index (χ2n) is 12.8. The van der Waals surface area contributed by atoms with Gasteiger partial charge >= 0.3 is 0 Å². The number of pyridine rings is 1. The average Bonchev–Trinajstić information content (AvgIpc) is 3.78. The molecule has 0 radical (unpaired) electrons. The van der Waals surface area contributed by atoms with Gasteiger partial charge in [0.25, 0.3) is 0 Å². The van der Waals surface area contributed by atoms with Crippen LogP contribution in [0.5, 0.6) is 0 Å². The maximum atomic E-state index is 4.66. The number of para-hydroxylation sites is 3. The van der Waals surface area contributed by atoms with Crippen molar-refractivity contribution in [1.29, 1.82) is 0 Å². The van der Waals surface area contributed by atoms with E-state index in [0.717, 1.165) is 5.69 Å². The second kappa shape index (κ2) is 9.54. The van der Waals surface area contributed by atoms with E-state index in [9.17, 15) is 0 Å². The lowest BCUT2D eigenvalue weighted by atomic mass is 10.0. The van der Waals surface area contributed by atoms with Gasteiger partial charge < -0.3 is 9.13 Å². The largest absolute Gasteiger partial charge is 0.309 e. The molecule has 0 atom stereocenters. The second-order valence-corrected chi connectivity index (χ2v) is 12.8. The predicted octanol–water partition coefficient (Wildman–Crippen LogP) is 11.7. The van der Waals surface area contributed by atoms with Gasteiger partial charge in [-0.25, -0.2) is 0 Å². The van der Waals surface area contributed by atoms with Gasteiger partial charge in [-0.3, -0.25) is 4.98 Å². The van der Waals surface area contributed by atoms with Crippen LogP contribution < -0.4 is 0 Å². The van der Waals surface area contributed by atoms with Crippen molar-refractivity contribution < 1.29 is 0 Å². The number of nitrogens with zero attached hydrogens (tertiary/aromatic N) is 3. The van der Waals surface area contributed by atoms with Gasteiger partial charge in [0.05, 0.1) is 22.1 Å². The first kappa shape index (κ1) is 25.7. The molecule has 10 aromatic rings. The zero-order valence-corrected chi connectivity index (χ0v) is 25.9. The molecule has 48 heavy (non-hydrogen) atoms. The molecule has 0 saturated heterocycles. The van der Waals surface area contributed by atoms with E-state index < -0.39 is 0 Å². The Morgan fingerprint density at radius 3 is 1.77 bits per heavy atom. The van der Waals surface area contributed by atoms with E-state index in [1.165, 1.54) is 93.5 Å². The maximum Gasteiger partial charge on any atom is 0.0547 e. The third-order valence-electron chi connectivity index (χ3n) is 10.3. The lowest BCUT2D eigenvalue weighted by Crippen LogP contribution is -1.95. The molecule has 0 saturated carbocycles. The van der Waals surface area contributed by atoms with Crippen LogP contribution >= 0.6 is 0 Å². The molecule has 1 aliphatic rings. The van der Waals surface area contributed by atoms with Crippen LogP contribution in [0.25, 0.3) is 99.1 Å². The van der Waals surface area contributed by atoms with Gasteiger partial charge in [0, 0.05) is 61.6 Å². The lowest BCUT2D eigenvalue weighted by Gasteiger charge is -2.12. The summed E-state index contributed by atoms with van der Waals surface area (Å²) < 4.78 is 4.81. The van der Waals surface area contributed by atoms with Crippen LogP contribution in [0.4, 0.5) is 0 Å². The Kier molecular flexibility index (Phi) is 5.11. The monoisotopic (exact) mass is 609 g/mol. The summed E-state index contributed by atoms with van der Waals surface area (Å²) in [5, 5.41) is 7.49. The van der Waals surface area contributed by atoms with Crippen molar-refractivity contribution in [3.8, 4) is 44.8 Å². The summed E-state index contributed by atoms with van der Waals surface area (Å²) in [6, 6.07) is 55.4. The summed E-state index contributed by atoms with van der Waals surface area (Å²) in [7, 11) is 0. The van der Waals surface area contributed by atoms with Crippen molar-refractivity contribution in [3.63, 3.8) is 0 Å². The first-order valence-corrected chi connectivity index (χ1v) is 16.5. The molecule has 0 amide bonds. The van der Waals surface area contributed by atoms with E-state index in [1.54, 1.807) is 0 Å². The highest BCUT2D eigenvalue weighted by Crippen LogP contribution is 2.48. The standard InChI is InChI=1S/C45H27N3/c1-2-10-31(11-3-1)47-41-16-8-6-14-35(41)37-20-18-29(24-44(37)47)28-19-21-43-38(23-28)36-15-7-9-17-42(36)48(43)32-22-30-26-46-27-40-34-13-5-4-12-33(34)39(25-32)45(30)40/h1-27H. The van der Waals surface area contributed by atoms with E-state index in [2.05, 4.69) is 166 Å². The van der Waals surface area contributed by atoms with Crippen LogP contribution in [0.3, 0.4) is 0 Å². The van der Waals surface area contributed by atoms with Crippen LogP contribution in [0.15, 0.2) is 164 Å². The molecule has 0 bridgehead atoms. The van der Waals surface area contributed by atoms with E-state index in [-0.39, 0.29) is 0 Å². The van der Waals surface area contributed by atoms with Crippen molar-refractivity contribution in [2.45, 2.75) is 0 Å². The van der Waals surface area contributed by atoms with Crippen molar-refractivity contribution in [1.82, 2.24) is 14.1 Å². The minimum atomic E-state index is 1.15. The highest BCUT2D eigenvalue weighted by Gasteiger charge is 2.23.